The number of hydrogen-bond donors (Lipinski definition) is 1. The van der Waals surface area contributed by atoms with Gasteiger partial charge >= 0.3 is 0 Å². The number of rotatable bonds is 2. The van der Waals surface area contributed by atoms with E-state index < -0.39 is 6.23 Å². The molecule has 15 heavy (non-hydrogen) atoms. The van der Waals surface area contributed by atoms with Gasteiger partial charge in [0.1, 0.15) is 12.0 Å². The summed E-state index contributed by atoms with van der Waals surface area (Å²) in [5.74, 6) is 0.735. The molecule has 5 heteroatoms. The number of aromatic nitrogens is 2. The molecule has 0 saturated carbocycles. The van der Waals surface area contributed by atoms with Crippen molar-refractivity contribution < 1.29 is 9.84 Å². The van der Waals surface area contributed by atoms with Crippen LogP contribution in [0.2, 0.25) is 0 Å². The van der Waals surface area contributed by atoms with Gasteiger partial charge in [0.15, 0.2) is 0 Å². The summed E-state index contributed by atoms with van der Waals surface area (Å²) in [5.41, 5.74) is 0.802. The molecule has 1 N–H and O–H groups in total. The molecule has 0 saturated heterocycles. The van der Waals surface area contributed by atoms with Crippen molar-refractivity contribution in [3.8, 4) is 5.75 Å². The number of methoxy groups -OCH3 is 1. The van der Waals surface area contributed by atoms with Crippen LogP contribution in [0.1, 0.15) is 13.2 Å². The van der Waals surface area contributed by atoms with E-state index in [1.54, 1.807) is 20.2 Å². The lowest BCUT2D eigenvalue weighted by Crippen LogP contribution is -2.03. The van der Waals surface area contributed by atoms with E-state index >= 15 is 0 Å². The van der Waals surface area contributed by atoms with Crippen molar-refractivity contribution in [2.45, 2.75) is 13.2 Å². The molecule has 0 aliphatic carbocycles. The van der Waals surface area contributed by atoms with Gasteiger partial charge in [0.25, 0.3) is 0 Å². The Bertz CT molecular complexity index is 493. The van der Waals surface area contributed by atoms with Crippen molar-refractivity contribution in [3.63, 3.8) is 0 Å². The number of aliphatic hydroxyl groups excluding tert-OH is 1. The fourth-order valence-corrected chi connectivity index (χ4v) is 1.91. The van der Waals surface area contributed by atoms with Gasteiger partial charge in [0.05, 0.1) is 17.1 Å². The van der Waals surface area contributed by atoms with Crippen LogP contribution >= 0.6 is 15.9 Å². The third kappa shape index (κ3) is 1.85. The number of aliphatic hydroxyl groups is 1. The highest BCUT2D eigenvalue weighted by Gasteiger charge is 2.08. The molecule has 80 valence electrons. The second kappa shape index (κ2) is 3.83. The number of ether oxygens (including phenoxy) is 1. The largest absolute Gasteiger partial charge is 0.495 e. The van der Waals surface area contributed by atoms with E-state index in [1.807, 2.05) is 12.1 Å². The molecule has 0 fully saturated rings. The van der Waals surface area contributed by atoms with Crippen molar-refractivity contribution in [3.05, 3.63) is 22.8 Å². The molecule has 0 aliphatic rings. The van der Waals surface area contributed by atoms with Gasteiger partial charge in [-0.2, -0.15) is 5.10 Å². The van der Waals surface area contributed by atoms with Crippen LogP contribution in [0.4, 0.5) is 0 Å². The molecule has 0 bridgehead atoms. The molecule has 2 aromatic rings. The van der Waals surface area contributed by atoms with E-state index in [0.29, 0.717) is 0 Å². The molecule has 1 aromatic carbocycles. The van der Waals surface area contributed by atoms with Crippen LogP contribution < -0.4 is 4.74 Å². The minimum atomic E-state index is -0.623. The number of fused-ring (bicyclic) bond motifs is 1. The van der Waals surface area contributed by atoms with Crippen LogP contribution in [0.5, 0.6) is 5.75 Å². The monoisotopic (exact) mass is 270 g/mol. The molecule has 0 spiro atoms. The van der Waals surface area contributed by atoms with Gasteiger partial charge in [-0.25, -0.2) is 4.68 Å². The number of benzene rings is 1. The maximum absolute atomic E-state index is 9.38. The molecule has 0 amide bonds. The van der Waals surface area contributed by atoms with Crippen LogP contribution in [0.15, 0.2) is 22.8 Å². The maximum Gasteiger partial charge on any atom is 0.144 e. The van der Waals surface area contributed by atoms with E-state index in [4.69, 9.17) is 4.74 Å². The van der Waals surface area contributed by atoms with Crippen molar-refractivity contribution >= 4 is 26.8 Å². The summed E-state index contributed by atoms with van der Waals surface area (Å²) >= 11 is 3.40. The number of halogens is 1. The first-order valence-corrected chi connectivity index (χ1v) is 5.31. The lowest BCUT2D eigenvalue weighted by molar-refractivity contribution is 0.111. The Morgan fingerprint density at radius 3 is 2.87 bits per heavy atom. The predicted molar refractivity (Wildman–Crippen MR) is 60.9 cm³/mol. The first-order valence-electron chi connectivity index (χ1n) is 4.52. The van der Waals surface area contributed by atoms with Crippen molar-refractivity contribution in [2.75, 3.05) is 7.11 Å². The Kier molecular flexibility index (Phi) is 2.67. The molecular weight excluding hydrogens is 260 g/mol. The van der Waals surface area contributed by atoms with Gasteiger partial charge in [-0.05, 0) is 28.9 Å². The van der Waals surface area contributed by atoms with Crippen LogP contribution in [0, 0.1) is 0 Å². The summed E-state index contributed by atoms with van der Waals surface area (Å²) in [7, 11) is 1.61. The summed E-state index contributed by atoms with van der Waals surface area (Å²) in [6, 6.07) is 3.75. The molecule has 1 aromatic heterocycles. The van der Waals surface area contributed by atoms with Crippen molar-refractivity contribution in [1.29, 1.82) is 0 Å². The molecule has 4 nitrogen and oxygen atoms in total. The van der Waals surface area contributed by atoms with E-state index in [2.05, 4.69) is 21.0 Å². The Hall–Kier alpha value is -1.07. The van der Waals surface area contributed by atoms with Crippen molar-refractivity contribution in [2.24, 2.45) is 0 Å². The van der Waals surface area contributed by atoms with Gasteiger partial charge in [-0.1, -0.05) is 0 Å². The highest BCUT2D eigenvalue weighted by Crippen LogP contribution is 2.29. The summed E-state index contributed by atoms with van der Waals surface area (Å²) < 4.78 is 7.55. The van der Waals surface area contributed by atoms with Gasteiger partial charge in [0, 0.05) is 17.6 Å². The zero-order valence-corrected chi connectivity index (χ0v) is 10.0. The first-order chi connectivity index (χ1) is 7.11. The van der Waals surface area contributed by atoms with Gasteiger partial charge in [-0.15, -0.1) is 0 Å². The highest BCUT2D eigenvalue weighted by molar-refractivity contribution is 9.10. The quantitative estimate of drug-likeness (QED) is 0.911. The SMILES string of the molecule is COc1cc2nn(C(C)O)cc2cc1Br. The second-order valence-electron chi connectivity index (χ2n) is 3.29. The van der Waals surface area contributed by atoms with Crippen LogP contribution in [0.25, 0.3) is 10.9 Å². The van der Waals surface area contributed by atoms with Crippen LogP contribution in [-0.4, -0.2) is 22.0 Å². The third-order valence-electron chi connectivity index (χ3n) is 2.18. The van der Waals surface area contributed by atoms with E-state index in [-0.39, 0.29) is 0 Å². The van der Waals surface area contributed by atoms with Gasteiger partial charge < -0.3 is 9.84 Å². The minimum Gasteiger partial charge on any atom is -0.495 e. The van der Waals surface area contributed by atoms with Gasteiger partial charge in [0.2, 0.25) is 0 Å². The molecule has 1 unspecified atom stereocenters. The highest BCUT2D eigenvalue weighted by atomic mass is 79.9. The average Bonchev–Trinajstić information content (AvgIpc) is 2.59. The molecule has 0 aliphatic heterocycles. The molecule has 1 heterocycles. The van der Waals surface area contributed by atoms with E-state index in [1.165, 1.54) is 4.68 Å². The second-order valence-corrected chi connectivity index (χ2v) is 4.14. The predicted octanol–water partition coefficient (Wildman–Crippen LogP) is 2.32. The fourth-order valence-electron chi connectivity index (χ4n) is 1.39. The Balaban J connectivity index is 2.61. The van der Waals surface area contributed by atoms with Crippen LogP contribution in [0.3, 0.4) is 0 Å². The summed E-state index contributed by atoms with van der Waals surface area (Å²) in [4.78, 5) is 0. The average molecular weight is 271 g/mol. The Morgan fingerprint density at radius 2 is 2.27 bits per heavy atom. The Labute approximate surface area is 95.6 Å². The van der Waals surface area contributed by atoms with Gasteiger partial charge in [-0.3, -0.25) is 0 Å². The van der Waals surface area contributed by atoms with Crippen LogP contribution in [-0.2, 0) is 0 Å². The van der Waals surface area contributed by atoms with Crippen molar-refractivity contribution in [1.82, 2.24) is 9.78 Å². The standard InChI is InChI=1S/C10H11BrN2O2/c1-6(14)13-5-7-3-8(11)10(15-2)4-9(7)12-13/h3-6,14H,1-2H3. The lowest BCUT2D eigenvalue weighted by atomic mass is 10.2. The smallest absolute Gasteiger partial charge is 0.144 e. The Morgan fingerprint density at radius 1 is 1.53 bits per heavy atom. The van der Waals surface area contributed by atoms with E-state index in [0.717, 1.165) is 21.1 Å². The normalized spacial score (nSPS) is 13.1. The zero-order valence-electron chi connectivity index (χ0n) is 8.44. The fraction of sp³-hybridized carbons (Fsp3) is 0.300. The summed E-state index contributed by atoms with van der Waals surface area (Å²) in [6.07, 6.45) is 1.17. The third-order valence-corrected chi connectivity index (χ3v) is 2.80. The summed E-state index contributed by atoms with van der Waals surface area (Å²) in [6.45, 7) is 1.66. The lowest BCUT2D eigenvalue weighted by Gasteiger charge is -2.01. The molecule has 1 atom stereocenters. The first kappa shape index (κ1) is 10.4. The maximum atomic E-state index is 9.38. The minimum absolute atomic E-state index is 0.623. The summed E-state index contributed by atoms with van der Waals surface area (Å²) in [5, 5.41) is 14.6. The number of nitrogens with zero attached hydrogens (tertiary/aromatic N) is 2. The number of hydrogen-bond acceptors (Lipinski definition) is 3. The zero-order chi connectivity index (χ0) is 11.0. The molecule has 0 radical (unpaired) electrons. The van der Waals surface area contributed by atoms with E-state index in [9.17, 15) is 5.11 Å². The molecule has 2 rings (SSSR count). The topological polar surface area (TPSA) is 47.3 Å². The molecular formula is C10H11BrN2O2.